The van der Waals surface area contributed by atoms with E-state index in [1.54, 1.807) is 12.3 Å². The van der Waals surface area contributed by atoms with Crippen LogP contribution in [0.5, 0.6) is 0 Å². The highest BCUT2D eigenvalue weighted by molar-refractivity contribution is 4.67. The second-order valence-electron chi connectivity index (χ2n) is 0.688. The molecule has 0 unspecified atom stereocenters. The Balaban J connectivity index is 0.000000162. The van der Waals surface area contributed by atoms with Crippen molar-refractivity contribution in [2.24, 2.45) is 0 Å². The molecule has 0 spiro atoms. The number of hydrogen-bond acceptors (Lipinski definition) is 2. The molecule has 0 atom stereocenters. The van der Waals surface area contributed by atoms with Crippen LogP contribution >= 0.6 is 0 Å². The van der Waals surface area contributed by atoms with Crippen molar-refractivity contribution < 1.29 is 8.91 Å². The first-order chi connectivity index (χ1) is 3.50. The van der Waals surface area contributed by atoms with Crippen LogP contribution in [0.1, 0.15) is 0 Å². The number of rotatable bonds is 0. The van der Waals surface area contributed by atoms with Gasteiger partial charge in [-0.05, 0) is 6.07 Å². The summed E-state index contributed by atoms with van der Waals surface area (Å²) in [5.74, 6) is 0. The van der Waals surface area contributed by atoms with Crippen LogP contribution in [0.3, 0.4) is 0 Å². The highest BCUT2D eigenvalue weighted by Gasteiger charge is 1.60. The minimum Gasteiger partial charge on any atom is -0.365 e. The fraction of sp³-hybridized carbons (Fsp3) is 0.250. The second-order valence-corrected chi connectivity index (χ2v) is 0.688. The Labute approximate surface area is 40.9 Å². The third kappa shape index (κ3) is 2.96. The van der Waals surface area contributed by atoms with E-state index >= 15 is 0 Å². The van der Waals surface area contributed by atoms with Crippen LogP contribution in [-0.4, -0.2) is 12.3 Å². The Bertz CT molecular complexity index is 68.2. The van der Waals surface area contributed by atoms with E-state index in [0.717, 1.165) is 0 Å². The number of nitrogens with zero attached hydrogens (tertiary/aromatic N) is 1. The van der Waals surface area contributed by atoms with Crippen molar-refractivity contribution >= 4 is 0 Å². The zero-order chi connectivity index (χ0) is 5.54. The van der Waals surface area contributed by atoms with Gasteiger partial charge in [-0.25, -0.2) is 0 Å². The predicted molar refractivity (Wildman–Crippen MR) is 23.5 cm³/mol. The van der Waals surface area contributed by atoms with Gasteiger partial charge >= 0.3 is 0 Å². The van der Waals surface area contributed by atoms with Crippen molar-refractivity contribution in [2.75, 3.05) is 7.18 Å². The Morgan fingerprint density at radius 2 is 2.29 bits per heavy atom. The average Bonchev–Trinajstić information content (AvgIpc) is 2.23. The molecule has 0 N–H and O–H groups in total. The van der Waals surface area contributed by atoms with E-state index in [-0.39, 0.29) is 0 Å². The quantitative estimate of drug-likeness (QED) is 0.494. The summed E-state index contributed by atoms with van der Waals surface area (Å²) in [5, 5.41) is 3.35. The van der Waals surface area contributed by atoms with Gasteiger partial charge in [0.1, 0.15) is 6.26 Å². The molecule has 7 heavy (non-hydrogen) atoms. The number of halogens is 1. The summed E-state index contributed by atoms with van der Waals surface area (Å²) in [7, 11) is 0.500. The van der Waals surface area contributed by atoms with Crippen LogP contribution in [0, 0.1) is 0 Å². The van der Waals surface area contributed by atoms with E-state index < -0.39 is 0 Å². The summed E-state index contributed by atoms with van der Waals surface area (Å²) in [6, 6.07) is 1.72. The molecule has 0 aliphatic carbocycles. The molecule has 0 saturated heterocycles. The number of alkyl halides is 1. The summed E-state index contributed by atoms with van der Waals surface area (Å²) in [6.07, 6.45) is 3.10. The molecule has 1 aromatic heterocycles. The third-order valence-corrected chi connectivity index (χ3v) is 0.347. The van der Waals surface area contributed by atoms with E-state index in [1.807, 2.05) is 0 Å². The molecular formula is C4H6FNO. The van der Waals surface area contributed by atoms with Gasteiger partial charge in [0.15, 0.2) is 0 Å². The fourth-order valence-corrected chi connectivity index (χ4v) is 0.176. The topological polar surface area (TPSA) is 26.0 Å². The van der Waals surface area contributed by atoms with Crippen LogP contribution in [0.4, 0.5) is 4.39 Å². The van der Waals surface area contributed by atoms with Crippen LogP contribution in [-0.2, 0) is 0 Å². The first-order valence-electron chi connectivity index (χ1n) is 1.72. The summed E-state index contributed by atoms with van der Waals surface area (Å²) in [6.45, 7) is 0. The molecule has 0 saturated carbocycles. The Morgan fingerprint density at radius 3 is 2.43 bits per heavy atom. The molecule has 0 fully saturated rings. The highest BCUT2D eigenvalue weighted by Crippen LogP contribution is 1.72. The average molecular weight is 103 g/mol. The molecule has 1 rings (SSSR count). The number of aromatic nitrogens is 1. The van der Waals surface area contributed by atoms with Crippen LogP contribution in [0.25, 0.3) is 0 Å². The van der Waals surface area contributed by atoms with Crippen molar-refractivity contribution in [1.82, 2.24) is 5.16 Å². The minimum absolute atomic E-state index is 0.500. The smallest absolute Gasteiger partial charge is 0.123 e. The molecule has 3 heteroatoms. The molecule has 0 bridgehead atoms. The lowest BCUT2D eigenvalue weighted by atomic mass is 10.8. The number of hydrogen-bond donors (Lipinski definition) is 0. The molecule has 1 heterocycles. The zero-order valence-corrected chi connectivity index (χ0v) is 3.97. The van der Waals surface area contributed by atoms with Crippen LogP contribution < -0.4 is 0 Å². The van der Waals surface area contributed by atoms with Gasteiger partial charge in [0.25, 0.3) is 0 Å². The third-order valence-electron chi connectivity index (χ3n) is 0.347. The van der Waals surface area contributed by atoms with Crippen LogP contribution in [0.15, 0.2) is 23.0 Å². The van der Waals surface area contributed by atoms with Crippen molar-refractivity contribution in [2.45, 2.75) is 0 Å². The normalized spacial score (nSPS) is 6.57. The Hall–Kier alpha value is -0.860. The Kier molecular flexibility index (Phi) is 4.51. The molecule has 0 amide bonds. The van der Waals surface area contributed by atoms with Gasteiger partial charge in [-0.1, -0.05) is 5.16 Å². The highest BCUT2D eigenvalue weighted by atomic mass is 19.1. The minimum atomic E-state index is 0.500. The molecule has 1 aromatic rings. The molecule has 0 aliphatic heterocycles. The van der Waals surface area contributed by atoms with Gasteiger partial charge in [0.2, 0.25) is 0 Å². The monoisotopic (exact) mass is 103 g/mol. The van der Waals surface area contributed by atoms with E-state index in [2.05, 4.69) is 9.68 Å². The van der Waals surface area contributed by atoms with Crippen molar-refractivity contribution in [1.29, 1.82) is 0 Å². The zero-order valence-electron chi connectivity index (χ0n) is 3.97. The lowest BCUT2D eigenvalue weighted by Gasteiger charge is -1.48. The van der Waals surface area contributed by atoms with Gasteiger partial charge in [-0.15, -0.1) is 0 Å². The molecule has 2 nitrogen and oxygen atoms in total. The summed E-state index contributed by atoms with van der Waals surface area (Å²) in [4.78, 5) is 0. The van der Waals surface area contributed by atoms with E-state index in [4.69, 9.17) is 0 Å². The SMILES string of the molecule is CF.c1cnoc1. The molecule has 0 radical (unpaired) electrons. The van der Waals surface area contributed by atoms with Crippen LogP contribution in [0.2, 0.25) is 0 Å². The van der Waals surface area contributed by atoms with Crippen molar-refractivity contribution in [3.8, 4) is 0 Å². The summed E-state index contributed by atoms with van der Waals surface area (Å²) in [5.41, 5.74) is 0. The molecule has 0 aromatic carbocycles. The van der Waals surface area contributed by atoms with Gasteiger partial charge in [0, 0.05) is 0 Å². The summed E-state index contributed by atoms with van der Waals surface area (Å²) >= 11 is 0. The van der Waals surface area contributed by atoms with Gasteiger partial charge < -0.3 is 4.52 Å². The predicted octanol–water partition coefficient (Wildman–Crippen LogP) is 1.26. The first-order valence-corrected chi connectivity index (χ1v) is 1.72. The molecule has 40 valence electrons. The summed E-state index contributed by atoms with van der Waals surface area (Å²) < 4.78 is 13.8. The fourth-order valence-electron chi connectivity index (χ4n) is 0.176. The van der Waals surface area contributed by atoms with Crippen molar-refractivity contribution in [3.63, 3.8) is 0 Å². The van der Waals surface area contributed by atoms with Gasteiger partial charge in [0.05, 0.1) is 13.4 Å². The van der Waals surface area contributed by atoms with E-state index in [1.165, 1.54) is 6.26 Å². The maximum Gasteiger partial charge on any atom is 0.123 e. The first kappa shape index (κ1) is 6.14. The lowest BCUT2D eigenvalue weighted by Crippen LogP contribution is -1.38. The molecule has 0 aliphatic rings. The molecular weight excluding hydrogens is 97.0 g/mol. The maximum absolute atomic E-state index is 9.50. The van der Waals surface area contributed by atoms with E-state index in [0.29, 0.717) is 7.18 Å². The largest absolute Gasteiger partial charge is 0.365 e. The maximum atomic E-state index is 9.50. The van der Waals surface area contributed by atoms with E-state index in [9.17, 15) is 4.39 Å². The van der Waals surface area contributed by atoms with Gasteiger partial charge in [-0.2, -0.15) is 0 Å². The second kappa shape index (κ2) is 5.14. The standard InChI is InChI=1S/C3H3NO.CH3F/c1-2-4-5-3-1;1-2/h1-3H;1H3. The lowest BCUT2D eigenvalue weighted by molar-refractivity contribution is 0.420. The Morgan fingerprint density at radius 1 is 1.57 bits per heavy atom. The van der Waals surface area contributed by atoms with Crippen molar-refractivity contribution in [3.05, 3.63) is 18.5 Å². The van der Waals surface area contributed by atoms with Gasteiger partial charge in [-0.3, -0.25) is 4.39 Å².